The molecule has 1 unspecified atom stereocenters. The largest absolute Gasteiger partial charge is 0.508 e. The van der Waals surface area contributed by atoms with Gasteiger partial charge in [-0.3, -0.25) is 4.57 Å². The SMILES string of the molecule is CCCCCCCCCCCCOP(=O)(CCC(C)(C)c1ccc(O)cc1O)OC. The Labute approximate surface area is 183 Å². The first-order chi connectivity index (χ1) is 14.2. The van der Waals surface area contributed by atoms with Gasteiger partial charge in [-0.2, -0.15) is 0 Å². The highest BCUT2D eigenvalue weighted by Gasteiger charge is 2.30. The van der Waals surface area contributed by atoms with Crippen molar-refractivity contribution in [2.75, 3.05) is 19.9 Å². The lowest BCUT2D eigenvalue weighted by molar-refractivity contribution is 0.226. The van der Waals surface area contributed by atoms with Crippen LogP contribution in [0.2, 0.25) is 0 Å². The lowest BCUT2D eigenvalue weighted by atomic mass is 9.81. The quantitative estimate of drug-likeness (QED) is 0.192. The summed E-state index contributed by atoms with van der Waals surface area (Å²) in [5.41, 5.74) is 0.282. The van der Waals surface area contributed by atoms with Gasteiger partial charge in [-0.05, 0) is 29.9 Å². The first-order valence-electron chi connectivity index (χ1n) is 11.6. The lowest BCUT2D eigenvalue weighted by Gasteiger charge is -2.28. The van der Waals surface area contributed by atoms with Crippen LogP contribution in [0.1, 0.15) is 97.0 Å². The molecule has 0 radical (unpaired) electrons. The Morgan fingerprint density at radius 2 is 1.50 bits per heavy atom. The second kappa shape index (κ2) is 14.1. The van der Waals surface area contributed by atoms with Crippen molar-refractivity contribution in [3.8, 4) is 11.5 Å². The number of phenolic OH excluding ortho intramolecular Hbond substituents is 2. The molecule has 0 heterocycles. The Morgan fingerprint density at radius 3 is 2.03 bits per heavy atom. The van der Waals surface area contributed by atoms with Crippen LogP contribution in [0.4, 0.5) is 0 Å². The van der Waals surface area contributed by atoms with Gasteiger partial charge >= 0.3 is 7.60 Å². The van der Waals surface area contributed by atoms with Crippen molar-refractivity contribution in [2.45, 2.75) is 96.8 Å². The van der Waals surface area contributed by atoms with Gasteiger partial charge in [0.05, 0.1) is 12.8 Å². The van der Waals surface area contributed by atoms with Crippen molar-refractivity contribution < 1.29 is 23.8 Å². The maximum absolute atomic E-state index is 12.9. The number of hydrogen-bond acceptors (Lipinski definition) is 5. The summed E-state index contributed by atoms with van der Waals surface area (Å²) in [6.45, 7) is 6.64. The molecule has 2 N–H and O–H groups in total. The molecule has 1 rings (SSSR count). The summed E-state index contributed by atoms with van der Waals surface area (Å²) in [6, 6.07) is 4.58. The van der Waals surface area contributed by atoms with Crippen LogP contribution in [-0.4, -0.2) is 30.1 Å². The van der Waals surface area contributed by atoms with Gasteiger partial charge in [-0.25, -0.2) is 0 Å². The molecule has 0 aliphatic rings. The van der Waals surface area contributed by atoms with E-state index in [9.17, 15) is 14.8 Å². The van der Waals surface area contributed by atoms with Crippen molar-refractivity contribution in [2.24, 2.45) is 0 Å². The van der Waals surface area contributed by atoms with Crippen LogP contribution in [0.25, 0.3) is 0 Å². The average Bonchev–Trinajstić information content (AvgIpc) is 2.70. The predicted molar refractivity (Wildman–Crippen MR) is 125 cm³/mol. The van der Waals surface area contributed by atoms with E-state index in [2.05, 4.69) is 6.92 Å². The Morgan fingerprint density at radius 1 is 0.933 bits per heavy atom. The molecule has 0 amide bonds. The number of rotatable bonds is 17. The Kier molecular flexibility index (Phi) is 12.7. The molecule has 1 atom stereocenters. The minimum atomic E-state index is -3.15. The molecular weight excluding hydrogens is 399 g/mol. The van der Waals surface area contributed by atoms with Gasteiger partial charge in [-0.1, -0.05) is 84.6 Å². The highest BCUT2D eigenvalue weighted by Crippen LogP contribution is 2.50. The fraction of sp³-hybridized carbons (Fsp3) is 0.750. The maximum Gasteiger partial charge on any atom is 0.330 e. The summed E-state index contributed by atoms with van der Waals surface area (Å²) >= 11 is 0. The molecule has 0 fully saturated rings. The van der Waals surface area contributed by atoms with Crippen LogP contribution in [0.3, 0.4) is 0 Å². The lowest BCUT2D eigenvalue weighted by Crippen LogP contribution is -2.19. The molecule has 0 aromatic heterocycles. The molecule has 0 spiro atoms. The van der Waals surface area contributed by atoms with Gasteiger partial charge in [0.2, 0.25) is 0 Å². The van der Waals surface area contributed by atoms with Crippen LogP contribution >= 0.6 is 7.60 Å². The Bertz CT molecular complexity index is 644. The molecule has 0 aliphatic heterocycles. The van der Waals surface area contributed by atoms with E-state index < -0.39 is 13.0 Å². The number of unbranched alkanes of at least 4 members (excludes halogenated alkanes) is 9. The third-order valence-corrected chi connectivity index (χ3v) is 7.69. The van der Waals surface area contributed by atoms with E-state index in [1.54, 1.807) is 12.1 Å². The molecule has 30 heavy (non-hydrogen) atoms. The number of benzene rings is 1. The van der Waals surface area contributed by atoms with E-state index in [0.717, 1.165) is 12.8 Å². The number of hydrogen-bond donors (Lipinski definition) is 2. The fourth-order valence-electron chi connectivity index (χ4n) is 3.65. The molecule has 1 aromatic carbocycles. The highest BCUT2D eigenvalue weighted by molar-refractivity contribution is 7.53. The van der Waals surface area contributed by atoms with Gasteiger partial charge in [0, 0.05) is 13.2 Å². The summed E-state index contributed by atoms with van der Waals surface area (Å²) < 4.78 is 23.8. The highest BCUT2D eigenvalue weighted by atomic mass is 31.2. The van der Waals surface area contributed by atoms with Gasteiger partial charge in [0.25, 0.3) is 0 Å². The topological polar surface area (TPSA) is 76.0 Å². The normalized spacial score (nSPS) is 14.0. The van der Waals surface area contributed by atoms with E-state index >= 15 is 0 Å². The smallest absolute Gasteiger partial charge is 0.330 e. The zero-order valence-corrected chi connectivity index (χ0v) is 20.4. The van der Waals surface area contributed by atoms with E-state index in [1.807, 2.05) is 13.8 Å². The minimum absolute atomic E-state index is 0.0226. The predicted octanol–water partition coefficient (Wildman–Crippen LogP) is 7.54. The third-order valence-electron chi connectivity index (χ3n) is 5.79. The summed E-state index contributed by atoms with van der Waals surface area (Å²) in [7, 11) is -1.72. The fourth-order valence-corrected chi connectivity index (χ4v) is 5.30. The molecule has 6 heteroatoms. The standard InChI is InChI=1S/C24H43O5P/c1-5-6-7-8-9-10-11-12-13-14-18-29-30(27,28-4)19-17-24(2,3)22-16-15-21(25)20-23(22)26/h15-16,20,25-26H,5-14,17-19H2,1-4H3. The zero-order chi connectivity index (χ0) is 22.5. The molecule has 174 valence electrons. The van der Waals surface area contributed by atoms with Crippen molar-refractivity contribution >= 4 is 7.60 Å². The Balaban J connectivity index is 2.29. The van der Waals surface area contributed by atoms with Gasteiger partial charge < -0.3 is 19.3 Å². The third kappa shape index (κ3) is 10.3. The van der Waals surface area contributed by atoms with E-state index in [-0.39, 0.29) is 17.7 Å². The zero-order valence-electron chi connectivity index (χ0n) is 19.5. The Hall–Kier alpha value is -1.03. The molecule has 1 aromatic rings. The van der Waals surface area contributed by atoms with Crippen LogP contribution in [0.5, 0.6) is 11.5 Å². The van der Waals surface area contributed by atoms with Crippen molar-refractivity contribution in [1.82, 2.24) is 0 Å². The summed E-state index contributed by atoms with van der Waals surface area (Å²) in [5, 5.41) is 19.6. The second-order valence-electron chi connectivity index (χ2n) is 8.87. The summed E-state index contributed by atoms with van der Waals surface area (Å²) in [4.78, 5) is 0. The maximum atomic E-state index is 12.9. The van der Waals surface area contributed by atoms with Gasteiger partial charge in [0.1, 0.15) is 11.5 Å². The molecule has 0 bridgehead atoms. The number of phenols is 2. The second-order valence-corrected chi connectivity index (χ2v) is 11.2. The van der Waals surface area contributed by atoms with Crippen molar-refractivity contribution in [1.29, 1.82) is 0 Å². The molecular formula is C24H43O5P. The van der Waals surface area contributed by atoms with Crippen LogP contribution in [0, 0.1) is 0 Å². The van der Waals surface area contributed by atoms with E-state index in [1.165, 1.54) is 64.5 Å². The molecule has 0 saturated carbocycles. The first-order valence-corrected chi connectivity index (χ1v) is 13.3. The van der Waals surface area contributed by atoms with E-state index in [0.29, 0.717) is 18.6 Å². The summed E-state index contributed by atoms with van der Waals surface area (Å²) in [6.07, 6.45) is 13.3. The summed E-state index contributed by atoms with van der Waals surface area (Å²) in [5.74, 6) is 0.0629. The van der Waals surface area contributed by atoms with Crippen molar-refractivity contribution in [3.05, 3.63) is 23.8 Å². The van der Waals surface area contributed by atoms with Crippen molar-refractivity contribution in [3.63, 3.8) is 0 Å². The monoisotopic (exact) mass is 442 g/mol. The first kappa shape index (κ1) is 27.0. The average molecular weight is 443 g/mol. The van der Waals surface area contributed by atoms with Crippen LogP contribution in [0.15, 0.2) is 18.2 Å². The van der Waals surface area contributed by atoms with E-state index in [4.69, 9.17) is 9.05 Å². The molecule has 0 saturated heterocycles. The van der Waals surface area contributed by atoms with Crippen LogP contribution in [-0.2, 0) is 19.0 Å². The minimum Gasteiger partial charge on any atom is -0.508 e. The van der Waals surface area contributed by atoms with Gasteiger partial charge in [-0.15, -0.1) is 0 Å². The molecule has 5 nitrogen and oxygen atoms in total. The number of aromatic hydroxyl groups is 2. The molecule has 0 aliphatic carbocycles. The van der Waals surface area contributed by atoms with Gasteiger partial charge in [0.15, 0.2) is 0 Å². The van der Waals surface area contributed by atoms with Crippen LogP contribution < -0.4 is 0 Å².